The number of aromatic nitrogens is 1. The molecule has 24 heavy (non-hydrogen) atoms. The molecule has 0 saturated carbocycles. The summed E-state index contributed by atoms with van der Waals surface area (Å²) in [4.78, 5) is 29.7. The van der Waals surface area contributed by atoms with Crippen molar-refractivity contribution in [3.63, 3.8) is 0 Å². The van der Waals surface area contributed by atoms with Crippen molar-refractivity contribution < 1.29 is 9.21 Å². The number of nitrogens with zero attached hydrogens (tertiary/aromatic N) is 1. The highest BCUT2D eigenvalue weighted by Crippen LogP contribution is 2.17. The Hall–Kier alpha value is -2.05. The predicted octanol–water partition coefficient (Wildman–Crippen LogP) is 2.27. The average Bonchev–Trinajstić information content (AvgIpc) is 3.25. The molecule has 6 nitrogen and oxygen atoms in total. The number of carbonyl (C=O) groups excluding carboxylic acids is 1. The van der Waals surface area contributed by atoms with Crippen LogP contribution in [0.4, 0.5) is 0 Å². The van der Waals surface area contributed by atoms with E-state index in [0.29, 0.717) is 18.0 Å². The van der Waals surface area contributed by atoms with Crippen molar-refractivity contribution in [1.82, 2.24) is 15.2 Å². The molecule has 7 heteroatoms. The summed E-state index contributed by atoms with van der Waals surface area (Å²) in [6.07, 6.45) is 3.33. The first-order chi connectivity index (χ1) is 11.2. The largest absolute Gasteiger partial charge is 0.463 e. The van der Waals surface area contributed by atoms with Crippen molar-refractivity contribution in [2.24, 2.45) is 0 Å². The monoisotopic (exact) mass is 351 g/mol. The molecule has 1 amide bonds. The highest BCUT2D eigenvalue weighted by molar-refractivity contribution is 5.94. The van der Waals surface area contributed by atoms with Gasteiger partial charge in [0.15, 0.2) is 0 Å². The number of H-pyrrole nitrogens is 1. The quantitative estimate of drug-likeness (QED) is 0.866. The normalized spacial score (nSPS) is 16.6. The smallest absolute Gasteiger partial charge is 0.261 e. The third-order valence-corrected chi connectivity index (χ3v) is 4.13. The van der Waals surface area contributed by atoms with E-state index in [1.165, 1.54) is 0 Å². The maximum absolute atomic E-state index is 12.8. The van der Waals surface area contributed by atoms with Gasteiger partial charge in [-0.3, -0.25) is 9.59 Å². The molecule has 1 atom stereocenters. The van der Waals surface area contributed by atoms with Crippen LogP contribution in [0.5, 0.6) is 0 Å². The second kappa shape index (κ2) is 8.17. The van der Waals surface area contributed by atoms with Gasteiger partial charge in [-0.15, -0.1) is 12.4 Å². The summed E-state index contributed by atoms with van der Waals surface area (Å²) < 4.78 is 5.27. The lowest BCUT2D eigenvalue weighted by molar-refractivity contribution is 0.0690. The van der Waals surface area contributed by atoms with Crippen LogP contribution in [0.2, 0.25) is 0 Å². The molecule has 0 radical (unpaired) electrons. The van der Waals surface area contributed by atoms with E-state index >= 15 is 0 Å². The van der Waals surface area contributed by atoms with Crippen LogP contribution in [0, 0.1) is 0 Å². The highest BCUT2D eigenvalue weighted by atomic mass is 35.5. The lowest BCUT2D eigenvalue weighted by atomic mass is 10.1. The number of amides is 1. The summed E-state index contributed by atoms with van der Waals surface area (Å²) in [7, 11) is 0. The molecule has 0 aliphatic carbocycles. The molecular formula is C17H22ClN3O3. The number of aromatic amines is 1. The minimum atomic E-state index is -0.379. The van der Waals surface area contributed by atoms with E-state index in [1.807, 2.05) is 11.8 Å². The third-order valence-electron chi connectivity index (χ3n) is 4.13. The third kappa shape index (κ3) is 3.71. The van der Waals surface area contributed by atoms with Crippen molar-refractivity contribution in [2.75, 3.05) is 19.6 Å². The lowest BCUT2D eigenvalue weighted by Crippen LogP contribution is -2.43. The summed E-state index contributed by atoms with van der Waals surface area (Å²) >= 11 is 0. The maximum atomic E-state index is 12.8. The van der Waals surface area contributed by atoms with Crippen molar-refractivity contribution in [1.29, 1.82) is 0 Å². The Morgan fingerprint density at radius 1 is 1.38 bits per heavy atom. The molecule has 3 heterocycles. The van der Waals surface area contributed by atoms with Gasteiger partial charge in [0.05, 0.1) is 12.0 Å². The highest BCUT2D eigenvalue weighted by Gasteiger charge is 2.28. The summed E-state index contributed by atoms with van der Waals surface area (Å²) in [5.41, 5.74) is 0.373. The molecule has 2 aromatic heterocycles. The summed E-state index contributed by atoms with van der Waals surface area (Å²) in [5.74, 6) is 0.374. The van der Waals surface area contributed by atoms with Crippen molar-refractivity contribution in [3.05, 3.63) is 46.4 Å². The van der Waals surface area contributed by atoms with Gasteiger partial charge in [-0.1, -0.05) is 6.92 Å². The molecule has 1 saturated heterocycles. The van der Waals surface area contributed by atoms with E-state index in [4.69, 9.17) is 4.42 Å². The average molecular weight is 352 g/mol. The summed E-state index contributed by atoms with van der Waals surface area (Å²) in [6.45, 7) is 4.39. The first-order valence-electron chi connectivity index (χ1n) is 7.99. The Morgan fingerprint density at radius 3 is 2.79 bits per heavy atom. The number of halogens is 1. The van der Waals surface area contributed by atoms with Gasteiger partial charge in [-0.05, 0) is 43.7 Å². The Balaban J connectivity index is 0.00000208. The van der Waals surface area contributed by atoms with Crippen LogP contribution >= 0.6 is 12.4 Å². The topological polar surface area (TPSA) is 78.3 Å². The SMILES string of the molecule is CCCN(C(=O)c1ccc(-c2ccco2)[nH]c1=O)C1CCNC1.Cl. The molecule has 1 aliphatic heterocycles. The molecule has 1 unspecified atom stereocenters. The zero-order valence-corrected chi connectivity index (χ0v) is 14.4. The molecule has 130 valence electrons. The Labute approximate surface area is 146 Å². The predicted molar refractivity (Wildman–Crippen MR) is 94.6 cm³/mol. The number of rotatable bonds is 5. The summed E-state index contributed by atoms with van der Waals surface area (Å²) in [5, 5.41) is 3.27. The molecule has 2 N–H and O–H groups in total. The minimum Gasteiger partial charge on any atom is -0.463 e. The molecule has 2 aromatic rings. The van der Waals surface area contributed by atoms with E-state index in [1.54, 1.807) is 30.5 Å². The zero-order valence-electron chi connectivity index (χ0n) is 13.6. The maximum Gasteiger partial charge on any atom is 0.261 e. The summed E-state index contributed by atoms with van der Waals surface area (Å²) in [6, 6.07) is 6.98. The fourth-order valence-corrected chi connectivity index (χ4v) is 2.97. The fourth-order valence-electron chi connectivity index (χ4n) is 2.97. The molecule has 1 fully saturated rings. The van der Waals surface area contributed by atoms with Gasteiger partial charge in [0, 0.05) is 19.1 Å². The van der Waals surface area contributed by atoms with Crippen LogP contribution in [0.3, 0.4) is 0 Å². The number of hydrogen-bond donors (Lipinski definition) is 2. The van der Waals surface area contributed by atoms with Crippen LogP contribution in [0.15, 0.2) is 39.7 Å². The second-order valence-corrected chi connectivity index (χ2v) is 5.74. The van der Waals surface area contributed by atoms with Crippen LogP contribution in [0.1, 0.15) is 30.1 Å². The molecule has 0 aromatic carbocycles. The van der Waals surface area contributed by atoms with Gasteiger partial charge < -0.3 is 19.6 Å². The van der Waals surface area contributed by atoms with E-state index in [2.05, 4.69) is 10.3 Å². The zero-order chi connectivity index (χ0) is 16.2. The first-order valence-corrected chi connectivity index (χ1v) is 7.99. The Bertz CT molecular complexity index is 721. The van der Waals surface area contributed by atoms with Crippen molar-refractivity contribution in [2.45, 2.75) is 25.8 Å². The minimum absolute atomic E-state index is 0. The van der Waals surface area contributed by atoms with Crippen molar-refractivity contribution in [3.8, 4) is 11.5 Å². The van der Waals surface area contributed by atoms with Gasteiger partial charge in [0.2, 0.25) is 0 Å². The standard InChI is InChI=1S/C17H21N3O3.ClH/c1-2-9-20(12-7-8-18-11-12)17(22)13-5-6-14(19-16(13)21)15-4-3-10-23-15;/h3-6,10,12,18H,2,7-9,11H2,1H3,(H,19,21);1H. The second-order valence-electron chi connectivity index (χ2n) is 5.74. The van der Waals surface area contributed by atoms with Gasteiger partial charge in [0.25, 0.3) is 11.5 Å². The van der Waals surface area contributed by atoms with Gasteiger partial charge in [-0.2, -0.15) is 0 Å². The molecular weight excluding hydrogens is 330 g/mol. The van der Waals surface area contributed by atoms with E-state index in [-0.39, 0.29) is 35.5 Å². The molecule has 0 spiro atoms. The molecule has 0 bridgehead atoms. The lowest BCUT2D eigenvalue weighted by Gasteiger charge is -2.28. The number of pyridine rings is 1. The Kier molecular flexibility index (Phi) is 6.23. The van der Waals surface area contributed by atoms with E-state index < -0.39 is 0 Å². The van der Waals surface area contributed by atoms with Crippen molar-refractivity contribution >= 4 is 18.3 Å². The number of hydrogen-bond acceptors (Lipinski definition) is 4. The molecule has 3 rings (SSSR count). The number of carbonyl (C=O) groups is 1. The Morgan fingerprint density at radius 2 is 2.21 bits per heavy atom. The fraction of sp³-hybridized carbons (Fsp3) is 0.412. The number of furan rings is 1. The van der Waals surface area contributed by atoms with Gasteiger partial charge in [0.1, 0.15) is 11.3 Å². The first kappa shape index (κ1) is 18.3. The van der Waals surface area contributed by atoms with Crippen LogP contribution in [-0.4, -0.2) is 41.5 Å². The van der Waals surface area contributed by atoms with Crippen LogP contribution in [-0.2, 0) is 0 Å². The number of nitrogens with one attached hydrogen (secondary N) is 2. The van der Waals surface area contributed by atoms with Gasteiger partial charge in [-0.25, -0.2) is 0 Å². The molecule has 1 aliphatic rings. The van der Waals surface area contributed by atoms with Gasteiger partial charge >= 0.3 is 0 Å². The van der Waals surface area contributed by atoms with Crippen LogP contribution in [0.25, 0.3) is 11.5 Å². The van der Waals surface area contributed by atoms with Crippen LogP contribution < -0.4 is 10.9 Å². The van der Waals surface area contributed by atoms with E-state index in [9.17, 15) is 9.59 Å². The van der Waals surface area contributed by atoms with E-state index in [0.717, 1.165) is 25.9 Å².